The first-order valence-electron chi connectivity index (χ1n) is 11.3. The van der Waals surface area contributed by atoms with Crippen LogP contribution in [0.5, 0.6) is 0 Å². The number of aliphatic imine (C=N–C) groups is 1. The van der Waals surface area contributed by atoms with E-state index >= 15 is 0 Å². The number of guanidine groups is 1. The Morgan fingerprint density at radius 3 is 2.03 bits per heavy atom. The molecule has 8 heteroatoms. The van der Waals surface area contributed by atoms with E-state index in [0.29, 0.717) is 31.5 Å². The van der Waals surface area contributed by atoms with Crippen molar-refractivity contribution in [3.8, 4) is 0 Å². The topological polar surface area (TPSA) is 80.3 Å². The molecule has 0 bridgehead atoms. The van der Waals surface area contributed by atoms with Crippen LogP contribution in [0.1, 0.15) is 41.0 Å². The number of nitrogens with one attached hydrogen (secondary N) is 2. The second-order valence-corrected chi connectivity index (χ2v) is 9.99. The third kappa shape index (κ3) is 7.45. The van der Waals surface area contributed by atoms with E-state index in [2.05, 4.69) is 44.2 Å². The Morgan fingerprint density at radius 2 is 1.50 bits per heavy atom. The van der Waals surface area contributed by atoms with Crippen LogP contribution in [0, 0.1) is 17.3 Å². The zero-order valence-corrected chi connectivity index (χ0v) is 19.8. The Kier molecular flexibility index (Phi) is 8.94. The van der Waals surface area contributed by atoms with Crippen LogP contribution in [0.2, 0.25) is 0 Å². The van der Waals surface area contributed by atoms with Crippen LogP contribution in [0.25, 0.3) is 0 Å². The second kappa shape index (κ2) is 11.0. The summed E-state index contributed by atoms with van der Waals surface area (Å²) >= 11 is 0. The number of piperazine rings is 1. The molecule has 2 N–H and O–H groups in total. The van der Waals surface area contributed by atoms with Gasteiger partial charge in [-0.1, -0.05) is 34.6 Å². The third-order valence-corrected chi connectivity index (χ3v) is 5.84. The molecule has 2 heterocycles. The zero-order chi connectivity index (χ0) is 22.3. The third-order valence-electron chi connectivity index (χ3n) is 5.84. The molecule has 0 aromatic rings. The molecule has 30 heavy (non-hydrogen) atoms. The zero-order valence-electron chi connectivity index (χ0n) is 19.8. The Labute approximate surface area is 182 Å². The van der Waals surface area contributed by atoms with Crippen molar-refractivity contribution < 1.29 is 9.59 Å². The van der Waals surface area contributed by atoms with Crippen molar-refractivity contribution in [3.05, 3.63) is 0 Å². The van der Waals surface area contributed by atoms with Gasteiger partial charge >= 0.3 is 0 Å². The molecule has 8 nitrogen and oxygen atoms in total. The number of rotatable bonds is 5. The lowest BCUT2D eigenvalue weighted by Crippen LogP contribution is -2.55. The lowest BCUT2D eigenvalue weighted by Gasteiger charge is -2.39. The molecular weight excluding hydrogens is 380 g/mol. The van der Waals surface area contributed by atoms with Gasteiger partial charge in [-0.25, -0.2) is 0 Å². The van der Waals surface area contributed by atoms with E-state index < -0.39 is 0 Å². The number of carbonyl (C=O) groups excluding carboxylic acids is 2. The first kappa shape index (κ1) is 24.4. The number of likely N-dealkylation sites (tertiary alicyclic amines) is 1. The summed E-state index contributed by atoms with van der Waals surface area (Å²) in [5, 5.41) is 6.28. The van der Waals surface area contributed by atoms with Gasteiger partial charge in [-0.2, -0.15) is 0 Å². The van der Waals surface area contributed by atoms with Crippen LogP contribution in [0.15, 0.2) is 4.99 Å². The molecule has 0 aromatic heterocycles. The molecule has 2 rings (SSSR count). The number of carbonyl (C=O) groups is 2. The molecule has 0 radical (unpaired) electrons. The van der Waals surface area contributed by atoms with Crippen LogP contribution in [0.4, 0.5) is 0 Å². The molecule has 2 unspecified atom stereocenters. The molecule has 2 saturated heterocycles. The van der Waals surface area contributed by atoms with Gasteiger partial charge in [0.15, 0.2) is 5.96 Å². The maximum atomic E-state index is 12.7. The highest BCUT2D eigenvalue weighted by molar-refractivity contribution is 5.82. The second-order valence-electron chi connectivity index (χ2n) is 9.99. The molecule has 0 saturated carbocycles. The van der Waals surface area contributed by atoms with Crippen molar-refractivity contribution in [3.63, 3.8) is 0 Å². The highest BCUT2D eigenvalue weighted by Gasteiger charge is 2.28. The van der Waals surface area contributed by atoms with Gasteiger partial charge in [0.2, 0.25) is 11.8 Å². The summed E-state index contributed by atoms with van der Waals surface area (Å²) in [7, 11) is 1.78. The van der Waals surface area contributed by atoms with Gasteiger partial charge in [0.05, 0.1) is 6.54 Å². The Bertz CT molecular complexity index is 597. The van der Waals surface area contributed by atoms with Crippen molar-refractivity contribution in [1.29, 1.82) is 0 Å². The van der Waals surface area contributed by atoms with Crippen molar-refractivity contribution in [1.82, 2.24) is 25.3 Å². The van der Waals surface area contributed by atoms with Crippen LogP contribution in [0.3, 0.4) is 0 Å². The van der Waals surface area contributed by atoms with Crippen molar-refractivity contribution >= 4 is 17.8 Å². The van der Waals surface area contributed by atoms with Crippen LogP contribution in [-0.4, -0.2) is 98.4 Å². The van der Waals surface area contributed by atoms with E-state index in [9.17, 15) is 9.59 Å². The van der Waals surface area contributed by atoms with E-state index in [1.54, 1.807) is 7.05 Å². The fourth-order valence-corrected chi connectivity index (χ4v) is 4.22. The molecule has 2 aliphatic rings. The summed E-state index contributed by atoms with van der Waals surface area (Å²) in [5.41, 5.74) is -0.375. The van der Waals surface area contributed by atoms with Crippen LogP contribution >= 0.6 is 0 Å². The lowest BCUT2D eigenvalue weighted by atomic mass is 9.92. The molecule has 0 spiro atoms. The Hall–Kier alpha value is -1.83. The predicted octanol–water partition coefficient (Wildman–Crippen LogP) is 0.846. The minimum Gasteiger partial charge on any atom is -0.354 e. The first-order valence-corrected chi connectivity index (χ1v) is 11.3. The number of nitrogens with zero attached hydrogens (tertiary/aromatic N) is 4. The number of piperidine rings is 1. The van der Waals surface area contributed by atoms with Crippen LogP contribution < -0.4 is 10.6 Å². The molecule has 2 aliphatic heterocycles. The average Bonchev–Trinajstić information content (AvgIpc) is 2.67. The Balaban J connectivity index is 1.70. The van der Waals surface area contributed by atoms with Crippen molar-refractivity contribution in [2.24, 2.45) is 22.2 Å². The van der Waals surface area contributed by atoms with Gasteiger partial charge in [-0.05, 0) is 18.3 Å². The summed E-state index contributed by atoms with van der Waals surface area (Å²) in [6.45, 7) is 17.1. The highest BCUT2D eigenvalue weighted by Crippen LogP contribution is 2.21. The SMILES string of the molecule is CN=C(NCCNC(=O)C(C)(C)C)N1CCN(CC(=O)N2CC(C)CC(C)C2)CC1. The summed E-state index contributed by atoms with van der Waals surface area (Å²) in [6, 6.07) is 0. The van der Waals surface area contributed by atoms with E-state index in [4.69, 9.17) is 0 Å². The predicted molar refractivity (Wildman–Crippen MR) is 121 cm³/mol. The van der Waals surface area contributed by atoms with Gasteiger partial charge in [-0.3, -0.25) is 19.5 Å². The molecule has 172 valence electrons. The molecule has 0 aromatic carbocycles. The largest absolute Gasteiger partial charge is 0.354 e. The molecule has 0 aliphatic carbocycles. The number of amides is 2. The minimum atomic E-state index is -0.375. The number of hydrogen-bond donors (Lipinski definition) is 2. The van der Waals surface area contributed by atoms with Crippen LogP contribution in [-0.2, 0) is 9.59 Å². The van der Waals surface area contributed by atoms with E-state index in [1.165, 1.54) is 6.42 Å². The highest BCUT2D eigenvalue weighted by atomic mass is 16.2. The number of hydrogen-bond acceptors (Lipinski definition) is 4. The maximum absolute atomic E-state index is 12.7. The van der Waals surface area contributed by atoms with Gasteiger partial charge in [-0.15, -0.1) is 0 Å². The maximum Gasteiger partial charge on any atom is 0.236 e. The van der Waals surface area contributed by atoms with Crippen molar-refractivity contribution in [2.45, 2.75) is 41.0 Å². The monoisotopic (exact) mass is 422 g/mol. The normalized spacial score (nSPS) is 24.0. The molecule has 2 amide bonds. The standard InChI is InChI=1S/C22H42N6O2/c1-17-13-18(2)15-28(14-17)19(29)16-26-9-11-27(12-10-26)21(23-6)25-8-7-24-20(30)22(3,4)5/h17-18H,7-16H2,1-6H3,(H,23,25)(H,24,30). The summed E-state index contributed by atoms with van der Waals surface area (Å²) in [4.78, 5) is 35.6. The van der Waals surface area contributed by atoms with Gasteiger partial charge < -0.3 is 20.4 Å². The summed E-state index contributed by atoms with van der Waals surface area (Å²) in [5.74, 6) is 2.35. The summed E-state index contributed by atoms with van der Waals surface area (Å²) in [6.07, 6.45) is 1.22. The molecule has 2 atom stereocenters. The Morgan fingerprint density at radius 1 is 0.933 bits per heavy atom. The fraction of sp³-hybridized carbons (Fsp3) is 0.864. The lowest BCUT2D eigenvalue weighted by molar-refractivity contribution is -0.135. The van der Waals surface area contributed by atoms with Crippen molar-refractivity contribution in [2.75, 3.05) is 66.0 Å². The van der Waals surface area contributed by atoms with Gasteiger partial charge in [0.25, 0.3) is 0 Å². The van der Waals surface area contributed by atoms with E-state index in [0.717, 1.165) is 45.2 Å². The average molecular weight is 423 g/mol. The quantitative estimate of drug-likeness (QED) is 0.390. The first-order chi connectivity index (χ1) is 14.1. The van der Waals surface area contributed by atoms with E-state index in [1.807, 2.05) is 20.8 Å². The fourth-order valence-electron chi connectivity index (χ4n) is 4.22. The van der Waals surface area contributed by atoms with E-state index in [-0.39, 0.29) is 17.2 Å². The minimum absolute atomic E-state index is 0.0510. The molecular formula is C22H42N6O2. The molecule has 2 fully saturated rings. The summed E-state index contributed by atoms with van der Waals surface area (Å²) < 4.78 is 0. The van der Waals surface area contributed by atoms with Gasteiger partial charge in [0, 0.05) is 64.8 Å². The van der Waals surface area contributed by atoms with Gasteiger partial charge in [0.1, 0.15) is 0 Å². The smallest absolute Gasteiger partial charge is 0.236 e.